The Hall–Kier alpha value is -2.14. The molecule has 0 aliphatic heterocycles. The molecule has 1 aromatic carbocycles. The van der Waals surface area contributed by atoms with E-state index in [1.807, 2.05) is 51.4 Å². The number of carbonyl (C=O) groups excluding carboxylic acids is 1. The molecule has 0 radical (unpaired) electrons. The van der Waals surface area contributed by atoms with Gasteiger partial charge in [0.2, 0.25) is 0 Å². The third-order valence-electron chi connectivity index (χ3n) is 3.32. The molecule has 1 N–H and O–H groups in total. The summed E-state index contributed by atoms with van der Waals surface area (Å²) >= 11 is 0. The minimum Gasteiger partial charge on any atom is -0.352 e. The van der Waals surface area contributed by atoms with Crippen molar-refractivity contribution < 1.29 is 4.79 Å². The zero-order valence-electron chi connectivity index (χ0n) is 12.8. The Morgan fingerprint density at radius 2 is 2.00 bits per heavy atom. The minimum absolute atomic E-state index is 0.0616. The molecule has 112 valence electrons. The Labute approximate surface area is 125 Å². The van der Waals surface area contributed by atoms with Crippen LogP contribution in [0, 0.1) is 6.92 Å². The fourth-order valence-electron chi connectivity index (χ4n) is 2.15. The maximum Gasteiger partial charge on any atom is 0.254 e. The van der Waals surface area contributed by atoms with Gasteiger partial charge in [0.25, 0.3) is 5.91 Å². The average molecular weight is 286 g/mol. The van der Waals surface area contributed by atoms with Gasteiger partial charge in [-0.1, -0.05) is 18.2 Å². The molecule has 0 aliphatic carbocycles. The predicted octanol–water partition coefficient (Wildman–Crippen LogP) is 1.86. The standard InChI is InChI=1S/C16H22N4O/c1-13-15(16(21)17-10-7-11-19(2)3)12-18-20(13)14-8-5-4-6-9-14/h4-6,8-9,12H,7,10-11H2,1-3H3,(H,17,21). The highest BCUT2D eigenvalue weighted by molar-refractivity contribution is 5.95. The number of amides is 1. The number of carbonyl (C=O) groups is 1. The fraction of sp³-hybridized carbons (Fsp3) is 0.375. The summed E-state index contributed by atoms with van der Waals surface area (Å²) in [7, 11) is 4.05. The lowest BCUT2D eigenvalue weighted by Gasteiger charge is -2.10. The molecule has 5 nitrogen and oxygen atoms in total. The van der Waals surface area contributed by atoms with Crippen molar-refractivity contribution in [3.8, 4) is 5.69 Å². The number of nitrogens with zero attached hydrogens (tertiary/aromatic N) is 3. The molecule has 1 heterocycles. The zero-order chi connectivity index (χ0) is 15.2. The SMILES string of the molecule is Cc1c(C(=O)NCCCN(C)C)cnn1-c1ccccc1. The van der Waals surface area contributed by atoms with Crippen LogP contribution in [-0.2, 0) is 0 Å². The highest BCUT2D eigenvalue weighted by Gasteiger charge is 2.14. The van der Waals surface area contributed by atoms with Crippen molar-refractivity contribution in [1.29, 1.82) is 0 Å². The van der Waals surface area contributed by atoms with E-state index in [1.165, 1.54) is 0 Å². The normalized spacial score (nSPS) is 10.9. The van der Waals surface area contributed by atoms with Crippen molar-refractivity contribution in [3.05, 3.63) is 47.8 Å². The first kappa shape index (κ1) is 15.3. The van der Waals surface area contributed by atoms with Crippen LogP contribution in [0.4, 0.5) is 0 Å². The Morgan fingerprint density at radius 3 is 2.67 bits per heavy atom. The van der Waals surface area contributed by atoms with Crippen LogP contribution >= 0.6 is 0 Å². The van der Waals surface area contributed by atoms with Gasteiger partial charge >= 0.3 is 0 Å². The highest BCUT2D eigenvalue weighted by atomic mass is 16.1. The Bertz CT molecular complexity index is 590. The van der Waals surface area contributed by atoms with Gasteiger partial charge in [-0.05, 0) is 46.1 Å². The summed E-state index contributed by atoms with van der Waals surface area (Å²) in [5.41, 5.74) is 2.44. The van der Waals surface area contributed by atoms with Crippen LogP contribution in [0.15, 0.2) is 36.5 Å². The van der Waals surface area contributed by atoms with Gasteiger partial charge in [0.05, 0.1) is 23.1 Å². The van der Waals surface area contributed by atoms with E-state index in [0.717, 1.165) is 24.3 Å². The average Bonchev–Trinajstić information content (AvgIpc) is 2.86. The third-order valence-corrected chi connectivity index (χ3v) is 3.32. The van der Waals surface area contributed by atoms with Gasteiger partial charge in [0.1, 0.15) is 0 Å². The lowest BCUT2D eigenvalue weighted by molar-refractivity contribution is 0.0951. The molecule has 21 heavy (non-hydrogen) atoms. The molecule has 5 heteroatoms. The smallest absolute Gasteiger partial charge is 0.254 e. The highest BCUT2D eigenvalue weighted by Crippen LogP contribution is 2.13. The monoisotopic (exact) mass is 286 g/mol. The number of aromatic nitrogens is 2. The van der Waals surface area contributed by atoms with Crippen molar-refractivity contribution in [2.75, 3.05) is 27.2 Å². The van der Waals surface area contributed by atoms with Gasteiger partial charge in [-0.25, -0.2) is 4.68 Å². The summed E-state index contributed by atoms with van der Waals surface area (Å²) in [6, 6.07) is 9.81. The maximum atomic E-state index is 12.2. The number of hydrogen-bond donors (Lipinski definition) is 1. The van der Waals surface area contributed by atoms with E-state index in [4.69, 9.17) is 0 Å². The Balaban J connectivity index is 2.01. The third kappa shape index (κ3) is 3.92. The summed E-state index contributed by atoms with van der Waals surface area (Å²) in [6.45, 7) is 3.55. The van der Waals surface area contributed by atoms with Crippen LogP contribution in [0.5, 0.6) is 0 Å². The van der Waals surface area contributed by atoms with E-state index in [1.54, 1.807) is 10.9 Å². The zero-order valence-corrected chi connectivity index (χ0v) is 12.8. The molecular weight excluding hydrogens is 264 g/mol. The van der Waals surface area contributed by atoms with Crippen molar-refractivity contribution in [2.45, 2.75) is 13.3 Å². The quantitative estimate of drug-likeness (QED) is 0.825. The number of para-hydroxylation sites is 1. The summed E-state index contributed by atoms with van der Waals surface area (Å²) in [5, 5.41) is 7.25. The largest absolute Gasteiger partial charge is 0.352 e. The Morgan fingerprint density at radius 1 is 1.29 bits per heavy atom. The molecule has 0 atom stereocenters. The van der Waals surface area contributed by atoms with Crippen LogP contribution < -0.4 is 5.32 Å². The second-order valence-electron chi connectivity index (χ2n) is 5.30. The molecule has 1 aromatic heterocycles. The van der Waals surface area contributed by atoms with Crippen molar-refractivity contribution >= 4 is 5.91 Å². The van der Waals surface area contributed by atoms with E-state index in [0.29, 0.717) is 12.1 Å². The van der Waals surface area contributed by atoms with Gasteiger partial charge in [-0.15, -0.1) is 0 Å². The second kappa shape index (κ2) is 7.04. The van der Waals surface area contributed by atoms with Crippen LogP contribution in [0.3, 0.4) is 0 Å². The molecule has 2 rings (SSSR count). The van der Waals surface area contributed by atoms with E-state index < -0.39 is 0 Å². The molecule has 0 unspecified atom stereocenters. The van der Waals surface area contributed by atoms with Gasteiger partial charge < -0.3 is 10.2 Å². The summed E-state index contributed by atoms with van der Waals surface area (Å²) in [4.78, 5) is 14.3. The van der Waals surface area contributed by atoms with E-state index in [-0.39, 0.29) is 5.91 Å². The summed E-state index contributed by atoms with van der Waals surface area (Å²) in [6.07, 6.45) is 2.56. The summed E-state index contributed by atoms with van der Waals surface area (Å²) < 4.78 is 1.79. The first-order valence-corrected chi connectivity index (χ1v) is 7.12. The second-order valence-corrected chi connectivity index (χ2v) is 5.30. The maximum absolute atomic E-state index is 12.2. The molecule has 0 saturated heterocycles. The first-order chi connectivity index (χ1) is 10.1. The van der Waals surface area contributed by atoms with Crippen LogP contribution in [0.1, 0.15) is 22.5 Å². The van der Waals surface area contributed by atoms with Gasteiger partial charge in [-0.2, -0.15) is 5.10 Å². The molecule has 0 fully saturated rings. The lowest BCUT2D eigenvalue weighted by Crippen LogP contribution is -2.27. The Kier molecular flexibility index (Phi) is 5.11. The molecular formula is C16H22N4O. The molecule has 2 aromatic rings. The number of rotatable bonds is 6. The number of nitrogens with one attached hydrogen (secondary N) is 1. The summed E-state index contributed by atoms with van der Waals surface area (Å²) in [5.74, 6) is -0.0616. The van der Waals surface area contributed by atoms with Gasteiger partial charge in [0, 0.05) is 6.54 Å². The van der Waals surface area contributed by atoms with Gasteiger partial charge in [-0.3, -0.25) is 4.79 Å². The minimum atomic E-state index is -0.0616. The van der Waals surface area contributed by atoms with Gasteiger partial charge in [0.15, 0.2) is 0 Å². The van der Waals surface area contributed by atoms with Crippen molar-refractivity contribution in [2.24, 2.45) is 0 Å². The van der Waals surface area contributed by atoms with Crippen molar-refractivity contribution in [3.63, 3.8) is 0 Å². The topological polar surface area (TPSA) is 50.2 Å². The van der Waals surface area contributed by atoms with E-state index in [9.17, 15) is 4.79 Å². The first-order valence-electron chi connectivity index (χ1n) is 7.12. The molecule has 1 amide bonds. The van der Waals surface area contributed by atoms with Crippen LogP contribution in [0.2, 0.25) is 0 Å². The molecule has 0 spiro atoms. The van der Waals surface area contributed by atoms with Crippen molar-refractivity contribution in [1.82, 2.24) is 20.0 Å². The van der Waals surface area contributed by atoms with E-state index >= 15 is 0 Å². The number of benzene rings is 1. The van der Waals surface area contributed by atoms with Crippen LogP contribution in [-0.4, -0.2) is 47.8 Å². The molecule has 0 bridgehead atoms. The fourth-order valence-corrected chi connectivity index (χ4v) is 2.15. The molecule has 0 saturated carbocycles. The van der Waals surface area contributed by atoms with Crippen LogP contribution in [0.25, 0.3) is 5.69 Å². The predicted molar refractivity (Wildman–Crippen MR) is 83.8 cm³/mol. The lowest BCUT2D eigenvalue weighted by atomic mass is 10.2. The number of hydrogen-bond acceptors (Lipinski definition) is 3. The van der Waals surface area contributed by atoms with E-state index in [2.05, 4.69) is 15.3 Å². The molecule has 0 aliphatic rings.